The first kappa shape index (κ1) is 15.6. The minimum atomic E-state index is -0.487. The van der Waals surface area contributed by atoms with Crippen molar-refractivity contribution >= 4 is 44.5 Å². The van der Waals surface area contributed by atoms with E-state index in [1.807, 2.05) is 18.2 Å². The Bertz CT molecular complexity index is 943. The van der Waals surface area contributed by atoms with Crippen molar-refractivity contribution < 1.29 is 9.53 Å². The second kappa shape index (κ2) is 6.45. The fourth-order valence-electron chi connectivity index (χ4n) is 2.16. The smallest absolute Gasteiger partial charge is 0.339 e. The Morgan fingerprint density at radius 2 is 2.17 bits per heavy atom. The first-order valence-corrected chi connectivity index (χ1v) is 7.82. The Labute approximate surface area is 146 Å². The highest BCUT2D eigenvalue weighted by atomic mass is 79.9. The summed E-state index contributed by atoms with van der Waals surface area (Å²) in [5.41, 5.74) is 2.57. The summed E-state index contributed by atoms with van der Waals surface area (Å²) in [5.74, 6) is 2.40. The van der Waals surface area contributed by atoms with Crippen LogP contribution in [-0.4, -0.2) is 22.5 Å². The number of imidazole rings is 1. The number of nitrogens with one attached hydrogen (secondary N) is 1. The van der Waals surface area contributed by atoms with E-state index in [0.29, 0.717) is 31.9 Å². The zero-order valence-corrected chi connectivity index (χ0v) is 14.1. The molecular weight excluding hydrogens is 380 g/mol. The molecule has 0 atom stereocenters. The average Bonchev–Trinajstić information content (AvgIpc) is 2.97. The number of carbonyl (C=O) groups is 1. The fraction of sp³-hybridized carbons (Fsp3) is 0.0588. The number of hydrogen-bond acceptors (Lipinski definition) is 3. The van der Waals surface area contributed by atoms with Gasteiger partial charge in [0.1, 0.15) is 11.3 Å². The second-order valence-corrected chi connectivity index (χ2v) is 5.96. The topological polar surface area (TPSA) is 55.0 Å². The highest BCUT2D eigenvalue weighted by Crippen LogP contribution is 2.30. The maximum atomic E-state index is 11.9. The number of aromatic amines is 1. The first-order valence-electron chi connectivity index (χ1n) is 6.65. The molecule has 0 saturated heterocycles. The Balaban J connectivity index is 2.07. The zero-order valence-electron chi connectivity index (χ0n) is 11.8. The van der Waals surface area contributed by atoms with Crippen LogP contribution in [0.4, 0.5) is 0 Å². The van der Waals surface area contributed by atoms with Crippen LogP contribution in [0, 0.1) is 12.3 Å². The lowest BCUT2D eigenvalue weighted by atomic mass is 10.2. The molecule has 0 aliphatic heterocycles. The molecule has 2 aromatic carbocycles. The number of rotatable bonds is 3. The van der Waals surface area contributed by atoms with Gasteiger partial charge in [-0.05, 0) is 40.2 Å². The minimum Gasteiger partial charge on any atom is -0.449 e. The van der Waals surface area contributed by atoms with Crippen LogP contribution in [0.5, 0.6) is 0 Å². The molecule has 0 spiro atoms. The number of H-pyrrole nitrogens is 1. The fourth-order valence-corrected chi connectivity index (χ4v) is 2.94. The molecule has 23 heavy (non-hydrogen) atoms. The van der Waals surface area contributed by atoms with Gasteiger partial charge in [-0.2, -0.15) is 0 Å². The summed E-state index contributed by atoms with van der Waals surface area (Å²) in [6, 6.07) is 10.7. The van der Waals surface area contributed by atoms with Crippen LogP contribution in [0.2, 0.25) is 5.02 Å². The standard InChI is InChI=1S/C17H10BrClN2O2/c1-2-7-23-17(22)10-8-12(18)15-14(9-10)20-16(21-15)11-5-3-4-6-13(11)19/h1,3-6,8-9H,7H2,(H,20,21). The third-order valence-electron chi connectivity index (χ3n) is 3.19. The molecule has 0 aliphatic rings. The van der Waals surface area contributed by atoms with Crippen molar-refractivity contribution in [2.75, 3.05) is 6.61 Å². The molecule has 6 heteroatoms. The Kier molecular flexibility index (Phi) is 4.37. The molecule has 0 bridgehead atoms. The van der Waals surface area contributed by atoms with Gasteiger partial charge in [0, 0.05) is 10.0 Å². The van der Waals surface area contributed by atoms with Crippen molar-refractivity contribution in [1.29, 1.82) is 0 Å². The van der Waals surface area contributed by atoms with Crippen molar-refractivity contribution in [3.05, 3.63) is 51.5 Å². The summed E-state index contributed by atoms with van der Waals surface area (Å²) in [6.45, 7) is -0.0671. The summed E-state index contributed by atoms with van der Waals surface area (Å²) in [5, 5.41) is 0.594. The van der Waals surface area contributed by atoms with E-state index in [0.717, 1.165) is 5.56 Å². The molecule has 3 aromatic rings. The first-order chi connectivity index (χ1) is 11.1. The number of aromatic nitrogens is 2. The molecule has 1 aromatic heterocycles. The quantitative estimate of drug-likeness (QED) is 0.532. The monoisotopic (exact) mass is 388 g/mol. The maximum Gasteiger partial charge on any atom is 0.339 e. The predicted octanol–water partition coefficient (Wildman–Crippen LogP) is 4.44. The minimum absolute atomic E-state index is 0.0671. The lowest BCUT2D eigenvalue weighted by Crippen LogP contribution is -2.05. The van der Waals surface area contributed by atoms with E-state index >= 15 is 0 Å². The Hall–Kier alpha value is -2.29. The van der Waals surface area contributed by atoms with E-state index in [2.05, 4.69) is 31.8 Å². The largest absolute Gasteiger partial charge is 0.449 e. The molecule has 0 saturated carbocycles. The van der Waals surface area contributed by atoms with E-state index < -0.39 is 5.97 Å². The highest BCUT2D eigenvalue weighted by molar-refractivity contribution is 9.10. The van der Waals surface area contributed by atoms with Crippen LogP contribution in [0.1, 0.15) is 10.4 Å². The predicted molar refractivity (Wildman–Crippen MR) is 93.4 cm³/mol. The Morgan fingerprint density at radius 3 is 2.91 bits per heavy atom. The third kappa shape index (κ3) is 3.09. The Morgan fingerprint density at radius 1 is 1.39 bits per heavy atom. The molecule has 0 fully saturated rings. The van der Waals surface area contributed by atoms with Gasteiger partial charge in [-0.15, -0.1) is 6.42 Å². The second-order valence-electron chi connectivity index (χ2n) is 4.70. The summed E-state index contributed by atoms with van der Waals surface area (Å²) in [6.07, 6.45) is 5.09. The van der Waals surface area contributed by atoms with Gasteiger partial charge in [-0.3, -0.25) is 0 Å². The lowest BCUT2D eigenvalue weighted by Gasteiger charge is -2.02. The van der Waals surface area contributed by atoms with Gasteiger partial charge in [-0.25, -0.2) is 9.78 Å². The molecule has 1 N–H and O–H groups in total. The number of benzene rings is 2. The molecule has 4 nitrogen and oxygen atoms in total. The number of carbonyl (C=O) groups excluding carboxylic acids is 1. The normalized spacial score (nSPS) is 10.5. The molecule has 3 rings (SSSR count). The highest BCUT2D eigenvalue weighted by Gasteiger charge is 2.15. The van der Waals surface area contributed by atoms with Crippen molar-refractivity contribution in [3.63, 3.8) is 0 Å². The van der Waals surface area contributed by atoms with E-state index in [-0.39, 0.29) is 6.61 Å². The van der Waals surface area contributed by atoms with Crippen LogP contribution >= 0.6 is 27.5 Å². The van der Waals surface area contributed by atoms with Crippen molar-refractivity contribution in [3.8, 4) is 23.7 Å². The van der Waals surface area contributed by atoms with Gasteiger partial charge in [0.2, 0.25) is 0 Å². The van der Waals surface area contributed by atoms with Gasteiger partial charge < -0.3 is 9.72 Å². The number of halogens is 2. The molecule has 1 heterocycles. The maximum absolute atomic E-state index is 11.9. The summed E-state index contributed by atoms with van der Waals surface area (Å²) >= 11 is 9.63. The van der Waals surface area contributed by atoms with Crippen LogP contribution in [0.25, 0.3) is 22.4 Å². The summed E-state index contributed by atoms with van der Waals surface area (Å²) in [4.78, 5) is 19.6. The van der Waals surface area contributed by atoms with Gasteiger partial charge in [-0.1, -0.05) is 29.7 Å². The van der Waals surface area contributed by atoms with Crippen molar-refractivity contribution in [1.82, 2.24) is 9.97 Å². The third-order valence-corrected chi connectivity index (χ3v) is 4.13. The van der Waals surface area contributed by atoms with Gasteiger partial charge in [0.25, 0.3) is 0 Å². The van der Waals surface area contributed by atoms with Crippen LogP contribution in [-0.2, 0) is 4.74 Å². The van der Waals surface area contributed by atoms with E-state index in [9.17, 15) is 4.79 Å². The van der Waals surface area contributed by atoms with E-state index in [4.69, 9.17) is 22.8 Å². The molecule has 0 aliphatic carbocycles. The van der Waals surface area contributed by atoms with Crippen LogP contribution in [0.3, 0.4) is 0 Å². The van der Waals surface area contributed by atoms with Gasteiger partial charge in [0.05, 0.1) is 16.1 Å². The van der Waals surface area contributed by atoms with Crippen LogP contribution in [0.15, 0.2) is 40.9 Å². The number of ether oxygens (including phenoxy) is 1. The number of hydrogen-bond donors (Lipinski definition) is 1. The number of nitrogens with zero attached hydrogens (tertiary/aromatic N) is 1. The number of fused-ring (bicyclic) bond motifs is 1. The van der Waals surface area contributed by atoms with Crippen LogP contribution < -0.4 is 0 Å². The molecule has 114 valence electrons. The van der Waals surface area contributed by atoms with Crippen molar-refractivity contribution in [2.45, 2.75) is 0 Å². The number of terminal acetylenes is 1. The SMILES string of the molecule is C#CCOC(=O)c1cc(Br)c2nc(-c3ccccc3Cl)[nH]c2c1. The summed E-state index contributed by atoms with van der Waals surface area (Å²) < 4.78 is 5.62. The molecular formula is C17H10BrClN2O2. The van der Waals surface area contributed by atoms with Gasteiger partial charge in [0.15, 0.2) is 6.61 Å². The van der Waals surface area contributed by atoms with E-state index in [1.54, 1.807) is 18.2 Å². The molecule has 0 amide bonds. The number of esters is 1. The van der Waals surface area contributed by atoms with Gasteiger partial charge >= 0.3 is 5.97 Å². The van der Waals surface area contributed by atoms with E-state index in [1.165, 1.54) is 0 Å². The zero-order chi connectivity index (χ0) is 16.4. The molecule has 0 radical (unpaired) electrons. The lowest BCUT2D eigenvalue weighted by molar-refractivity contribution is 0.0557. The average molecular weight is 390 g/mol. The molecule has 0 unspecified atom stereocenters. The summed E-state index contributed by atoms with van der Waals surface area (Å²) in [7, 11) is 0. The van der Waals surface area contributed by atoms with Crippen molar-refractivity contribution in [2.24, 2.45) is 0 Å².